The van der Waals surface area contributed by atoms with Gasteiger partial charge in [-0.15, -0.1) is 0 Å². The lowest BCUT2D eigenvalue weighted by molar-refractivity contribution is -0.150. The number of carboxylic acid groups (broad SMARTS) is 1. The van der Waals surface area contributed by atoms with E-state index in [4.69, 9.17) is 4.42 Å². The van der Waals surface area contributed by atoms with Gasteiger partial charge in [0, 0.05) is 12.8 Å². The van der Waals surface area contributed by atoms with Crippen LogP contribution in [-0.4, -0.2) is 17.0 Å². The monoisotopic (exact) mass is 244 g/mol. The third kappa shape index (κ3) is 2.06. The van der Waals surface area contributed by atoms with Crippen molar-refractivity contribution >= 4 is 5.97 Å². The zero-order valence-electron chi connectivity index (χ0n) is 9.50. The smallest absolute Gasteiger partial charge is 0.317 e. The van der Waals surface area contributed by atoms with Crippen LogP contribution >= 0.6 is 0 Å². The second-order valence-corrected chi connectivity index (χ2v) is 4.65. The molecule has 1 N–H and O–H groups in total. The van der Waals surface area contributed by atoms with Crippen LogP contribution in [0.15, 0.2) is 16.5 Å². The largest absolute Gasteiger partial charge is 0.480 e. The molecule has 0 saturated heterocycles. The Bertz CT molecular complexity index is 427. The van der Waals surface area contributed by atoms with Crippen molar-refractivity contribution in [2.75, 3.05) is 0 Å². The summed E-state index contributed by atoms with van der Waals surface area (Å²) in [6.45, 7) is 1.70. The summed E-state index contributed by atoms with van der Waals surface area (Å²) in [6.07, 6.45) is -0.970. The molecule has 5 heteroatoms. The van der Waals surface area contributed by atoms with Gasteiger partial charge in [-0.2, -0.15) is 0 Å². The van der Waals surface area contributed by atoms with Gasteiger partial charge in [-0.1, -0.05) is 0 Å². The number of halogens is 2. The summed E-state index contributed by atoms with van der Waals surface area (Å²) in [6, 6.07) is 3.24. The van der Waals surface area contributed by atoms with Gasteiger partial charge >= 0.3 is 5.97 Å². The molecule has 3 nitrogen and oxygen atoms in total. The van der Waals surface area contributed by atoms with E-state index in [1.54, 1.807) is 19.1 Å². The van der Waals surface area contributed by atoms with E-state index in [9.17, 15) is 18.7 Å². The highest BCUT2D eigenvalue weighted by Crippen LogP contribution is 2.46. The molecule has 1 aromatic heterocycles. The van der Waals surface area contributed by atoms with Crippen molar-refractivity contribution < 1.29 is 23.1 Å². The fraction of sp³-hybridized carbons (Fsp3) is 0.583. The fourth-order valence-electron chi connectivity index (χ4n) is 2.30. The number of rotatable bonds is 2. The van der Waals surface area contributed by atoms with Crippen LogP contribution in [0.3, 0.4) is 0 Å². The number of carbonyl (C=O) groups is 1. The van der Waals surface area contributed by atoms with Gasteiger partial charge in [0.05, 0.1) is 0 Å². The Labute approximate surface area is 97.4 Å². The number of aliphatic carboxylic acids is 1. The minimum absolute atomic E-state index is 0.0811. The summed E-state index contributed by atoms with van der Waals surface area (Å²) >= 11 is 0. The second kappa shape index (κ2) is 3.82. The van der Waals surface area contributed by atoms with E-state index in [1.165, 1.54) is 0 Å². The van der Waals surface area contributed by atoms with E-state index in [0.717, 1.165) is 0 Å². The maximum Gasteiger partial charge on any atom is 0.317 e. The summed E-state index contributed by atoms with van der Waals surface area (Å²) in [5.41, 5.74) is -1.28. The highest BCUT2D eigenvalue weighted by Gasteiger charge is 2.50. The molecule has 1 aliphatic rings. The van der Waals surface area contributed by atoms with Crippen molar-refractivity contribution in [1.29, 1.82) is 0 Å². The van der Waals surface area contributed by atoms with Crippen molar-refractivity contribution in [3.05, 3.63) is 23.7 Å². The average molecular weight is 244 g/mol. The van der Waals surface area contributed by atoms with E-state index in [0.29, 0.717) is 5.76 Å². The Morgan fingerprint density at radius 1 is 1.29 bits per heavy atom. The summed E-state index contributed by atoms with van der Waals surface area (Å²) in [5, 5.41) is 9.32. The average Bonchev–Trinajstić information content (AvgIpc) is 2.65. The van der Waals surface area contributed by atoms with Crippen LogP contribution in [0.2, 0.25) is 0 Å². The van der Waals surface area contributed by atoms with E-state index < -0.39 is 30.1 Å². The van der Waals surface area contributed by atoms with Crippen LogP contribution in [0.25, 0.3) is 0 Å². The third-order valence-electron chi connectivity index (χ3n) is 3.46. The molecule has 0 aliphatic heterocycles. The first-order valence-electron chi connectivity index (χ1n) is 5.54. The number of alkyl halides is 2. The number of aryl methyl sites for hydroxylation is 1. The molecule has 1 aliphatic carbocycles. The minimum Gasteiger partial charge on any atom is -0.480 e. The maximum atomic E-state index is 13.1. The molecule has 94 valence electrons. The standard InChI is InChI=1S/C12H14F2O3/c1-8-2-3-9(17-8)11(10(15)16)4-6-12(13,14)7-5-11/h2-3H,4-7H2,1H3,(H,15,16). The first-order chi connectivity index (χ1) is 7.86. The molecule has 0 radical (unpaired) electrons. The molecule has 1 heterocycles. The predicted molar refractivity (Wildman–Crippen MR) is 56.2 cm³/mol. The van der Waals surface area contributed by atoms with Crippen LogP contribution < -0.4 is 0 Å². The highest BCUT2D eigenvalue weighted by atomic mass is 19.3. The van der Waals surface area contributed by atoms with E-state index in [1.807, 2.05) is 0 Å². The molecule has 2 rings (SSSR count). The molecule has 0 bridgehead atoms. The molecular formula is C12H14F2O3. The molecule has 0 aromatic carbocycles. The molecule has 0 amide bonds. The predicted octanol–water partition coefficient (Wildman–Crippen LogP) is 3.12. The van der Waals surface area contributed by atoms with Gasteiger partial charge in [-0.25, -0.2) is 8.78 Å². The molecule has 1 saturated carbocycles. The highest BCUT2D eigenvalue weighted by molar-refractivity contribution is 5.80. The first-order valence-corrected chi connectivity index (χ1v) is 5.54. The Kier molecular flexibility index (Phi) is 2.72. The Morgan fingerprint density at radius 3 is 2.29 bits per heavy atom. The van der Waals surface area contributed by atoms with Crippen LogP contribution in [0.4, 0.5) is 8.78 Å². The SMILES string of the molecule is Cc1ccc(C2(C(=O)O)CCC(F)(F)CC2)o1. The van der Waals surface area contributed by atoms with E-state index in [2.05, 4.69) is 0 Å². The van der Waals surface area contributed by atoms with Crippen LogP contribution in [0.1, 0.15) is 37.2 Å². The minimum atomic E-state index is -2.75. The second-order valence-electron chi connectivity index (χ2n) is 4.65. The van der Waals surface area contributed by atoms with Crippen molar-refractivity contribution in [3.63, 3.8) is 0 Å². The lowest BCUT2D eigenvalue weighted by atomic mass is 9.71. The first kappa shape index (κ1) is 12.1. The molecular weight excluding hydrogens is 230 g/mol. The van der Waals surface area contributed by atoms with Crippen LogP contribution in [0, 0.1) is 6.92 Å². The van der Waals surface area contributed by atoms with E-state index in [-0.39, 0.29) is 18.6 Å². The summed E-state index contributed by atoms with van der Waals surface area (Å²) in [4.78, 5) is 11.4. The topological polar surface area (TPSA) is 50.4 Å². The van der Waals surface area contributed by atoms with Crippen LogP contribution in [0.5, 0.6) is 0 Å². The Balaban J connectivity index is 2.33. The van der Waals surface area contributed by atoms with Crippen LogP contribution in [-0.2, 0) is 10.2 Å². The molecule has 17 heavy (non-hydrogen) atoms. The van der Waals surface area contributed by atoms with Crippen molar-refractivity contribution in [1.82, 2.24) is 0 Å². The normalized spacial score (nSPS) is 22.3. The fourth-order valence-corrected chi connectivity index (χ4v) is 2.30. The van der Waals surface area contributed by atoms with Crippen molar-refractivity contribution in [2.45, 2.75) is 43.9 Å². The molecule has 0 atom stereocenters. The van der Waals surface area contributed by atoms with Gasteiger partial charge < -0.3 is 9.52 Å². The molecule has 1 aromatic rings. The summed E-state index contributed by atoms with van der Waals surface area (Å²) < 4.78 is 31.5. The van der Waals surface area contributed by atoms with Gasteiger partial charge in [-0.05, 0) is 31.9 Å². The third-order valence-corrected chi connectivity index (χ3v) is 3.46. The Hall–Kier alpha value is -1.39. The molecule has 1 fully saturated rings. The van der Waals surface area contributed by atoms with Gasteiger partial charge in [0.1, 0.15) is 16.9 Å². The van der Waals surface area contributed by atoms with Gasteiger partial charge in [0.15, 0.2) is 0 Å². The van der Waals surface area contributed by atoms with Crippen molar-refractivity contribution in [3.8, 4) is 0 Å². The molecule has 0 unspecified atom stereocenters. The number of carboxylic acids is 1. The number of hydrogen-bond acceptors (Lipinski definition) is 2. The maximum absolute atomic E-state index is 13.1. The number of hydrogen-bond donors (Lipinski definition) is 1. The zero-order valence-corrected chi connectivity index (χ0v) is 9.50. The Morgan fingerprint density at radius 2 is 1.88 bits per heavy atom. The van der Waals surface area contributed by atoms with Crippen molar-refractivity contribution in [2.24, 2.45) is 0 Å². The lowest BCUT2D eigenvalue weighted by Crippen LogP contribution is -2.42. The summed E-state index contributed by atoms with van der Waals surface area (Å²) in [5.74, 6) is -2.95. The van der Waals surface area contributed by atoms with Gasteiger partial charge in [-0.3, -0.25) is 4.79 Å². The zero-order chi connectivity index (χ0) is 12.7. The molecule has 0 spiro atoms. The quantitative estimate of drug-likeness (QED) is 0.869. The number of furan rings is 1. The van der Waals surface area contributed by atoms with Gasteiger partial charge in [0.2, 0.25) is 5.92 Å². The lowest BCUT2D eigenvalue weighted by Gasteiger charge is -2.35. The van der Waals surface area contributed by atoms with Gasteiger partial charge in [0.25, 0.3) is 0 Å². The summed E-state index contributed by atoms with van der Waals surface area (Å²) in [7, 11) is 0. The van der Waals surface area contributed by atoms with E-state index >= 15 is 0 Å².